The van der Waals surface area contributed by atoms with E-state index in [1.165, 1.54) is 57.2 Å². The van der Waals surface area contributed by atoms with Crippen molar-refractivity contribution in [3.63, 3.8) is 0 Å². The summed E-state index contributed by atoms with van der Waals surface area (Å²) in [5.74, 6) is 0. The monoisotopic (exact) mass is 313 g/mol. The molecule has 0 amide bonds. The standard InChI is InChI=1S/C20H27NS/c1-2-21(15-6-9-17-7-4-3-5-8-17)19-11-10-18-14-16-22-20(18)13-12-19/h3-5,7-8,14,16,19H,2,6,9-13,15H2,1H3. The van der Waals surface area contributed by atoms with Gasteiger partial charge in [-0.05, 0) is 74.2 Å². The number of nitrogens with zero attached hydrogens (tertiary/aromatic N) is 1. The fourth-order valence-corrected chi connectivity index (χ4v) is 4.62. The second-order valence-corrected chi connectivity index (χ2v) is 7.32. The zero-order valence-corrected chi connectivity index (χ0v) is 14.4. The van der Waals surface area contributed by atoms with Gasteiger partial charge < -0.3 is 4.90 Å². The maximum atomic E-state index is 2.72. The van der Waals surface area contributed by atoms with Crippen LogP contribution in [0, 0.1) is 0 Å². The number of benzene rings is 1. The normalized spacial score (nSPS) is 18.2. The summed E-state index contributed by atoms with van der Waals surface area (Å²) in [5.41, 5.74) is 3.09. The molecule has 0 spiro atoms. The van der Waals surface area contributed by atoms with E-state index < -0.39 is 0 Å². The van der Waals surface area contributed by atoms with Gasteiger partial charge in [-0.25, -0.2) is 0 Å². The van der Waals surface area contributed by atoms with Gasteiger partial charge in [-0.1, -0.05) is 37.3 Å². The molecule has 0 bridgehead atoms. The molecule has 1 aliphatic carbocycles. The summed E-state index contributed by atoms with van der Waals surface area (Å²) in [6, 6.07) is 14.0. The van der Waals surface area contributed by atoms with Gasteiger partial charge in [-0.3, -0.25) is 0 Å². The molecule has 0 saturated heterocycles. The average Bonchev–Trinajstić information content (AvgIpc) is 2.92. The molecule has 0 N–H and O–H groups in total. The molecule has 1 heterocycles. The van der Waals surface area contributed by atoms with Gasteiger partial charge in [-0.15, -0.1) is 11.3 Å². The minimum atomic E-state index is 0.778. The summed E-state index contributed by atoms with van der Waals surface area (Å²) in [4.78, 5) is 4.36. The van der Waals surface area contributed by atoms with Crippen molar-refractivity contribution < 1.29 is 0 Å². The van der Waals surface area contributed by atoms with Crippen LogP contribution in [0.3, 0.4) is 0 Å². The van der Waals surface area contributed by atoms with Crippen LogP contribution in [-0.4, -0.2) is 24.0 Å². The van der Waals surface area contributed by atoms with Gasteiger partial charge in [0.1, 0.15) is 0 Å². The fraction of sp³-hybridized carbons (Fsp3) is 0.500. The van der Waals surface area contributed by atoms with E-state index in [4.69, 9.17) is 0 Å². The molecule has 1 aromatic carbocycles. The second kappa shape index (κ2) is 7.94. The Labute approximate surface area is 139 Å². The lowest BCUT2D eigenvalue weighted by molar-refractivity contribution is 0.187. The van der Waals surface area contributed by atoms with E-state index in [0.29, 0.717) is 0 Å². The highest BCUT2D eigenvalue weighted by Crippen LogP contribution is 2.27. The molecule has 1 nitrogen and oxygen atoms in total. The SMILES string of the molecule is CCN(CCCc1ccccc1)C1CCc2ccsc2CC1. The Morgan fingerprint density at radius 3 is 2.73 bits per heavy atom. The molecule has 22 heavy (non-hydrogen) atoms. The van der Waals surface area contributed by atoms with Crippen LogP contribution >= 0.6 is 11.3 Å². The molecule has 0 fully saturated rings. The number of thiophene rings is 1. The highest BCUT2D eigenvalue weighted by molar-refractivity contribution is 7.10. The molecular formula is C20H27NS. The van der Waals surface area contributed by atoms with Crippen molar-refractivity contribution >= 4 is 11.3 Å². The Morgan fingerprint density at radius 2 is 1.91 bits per heavy atom. The van der Waals surface area contributed by atoms with Crippen molar-refractivity contribution in [2.45, 2.75) is 51.5 Å². The highest BCUT2D eigenvalue weighted by Gasteiger charge is 2.21. The van der Waals surface area contributed by atoms with Crippen LogP contribution in [0.1, 0.15) is 42.2 Å². The molecule has 2 aromatic rings. The summed E-state index contributed by atoms with van der Waals surface area (Å²) in [5, 5.41) is 2.27. The summed E-state index contributed by atoms with van der Waals surface area (Å²) in [6.45, 7) is 4.75. The van der Waals surface area contributed by atoms with E-state index in [1.807, 2.05) is 11.3 Å². The van der Waals surface area contributed by atoms with Crippen LogP contribution in [0.25, 0.3) is 0 Å². The minimum Gasteiger partial charge on any atom is -0.301 e. The molecule has 2 heteroatoms. The third-order valence-corrected chi connectivity index (χ3v) is 5.99. The fourth-order valence-electron chi connectivity index (χ4n) is 3.67. The minimum absolute atomic E-state index is 0.778. The van der Waals surface area contributed by atoms with Crippen LogP contribution in [-0.2, 0) is 19.3 Å². The molecule has 1 aliphatic rings. The van der Waals surface area contributed by atoms with Gasteiger partial charge in [0.25, 0.3) is 0 Å². The molecule has 1 aromatic heterocycles. The van der Waals surface area contributed by atoms with Crippen LogP contribution in [0.5, 0.6) is 0 Å². The smallest absolute Gasteiger partial charge is 0.0102 e. The van der Waals surface area contributed by atoms with Gasteiger partial charge >= 0.3 is 0 Å². The van der Waals surface area contributed by atoms with E-state index in [9.17, 15) is 0 Å². The maximum absolute atomic E-state index is 2.72. The van der Waals surface area contributed by atoms with Crippen molar-refractivity contribution in [3.8, 4) is 0 Å². The van der Waals surface area contributed by atoms with E-state index in [2.05, 4.69) is 53.6 Å². The molecule has 3 rings (SSSR count). The van der Waals surface area contributed by atoms with Gasteiger partial charge in [0.15, 0.2) is 0 Å². The summed E-state index contributed by atoms with van der Waals surface area (Å²) in [6.07, 6.45) is 7.72. The Hall–Kier alpha value is -1.12. The Kier molecular flexibility index (Phi) is 5.69. The third-order valence-electron chi connectivity index (χ3n) is 4.97. The molecule has 0 aliphatic heterocycles. The third kappa shape index (κ3) is 3.99. The number of fused-ring (bicyclic) bond motifs is 1. The highest BCUT2D eigenvalue weighted by atomic mass is 32.1. The Balaban J connectivity index is 1.50. The van der Waals surface area contributed by atoms with Gasteiger partial charge in [0, 0.05) is 10.9 Å². The number of rotatable bonds is 6. The van der Waals surface area contributed by atoms with Crippen molar-refractivity contribution in [3.05, 3.63) is 57.8 Å². The Morgan fingerprint density at radius 1 is 1.09 bits per heavy atom. The van der Waals surface area contributed by atoms with Crippen molar-refractivity contribution in [2.24, 2.45) is 0 Å². The van der Waals surface area contributed by atoms with Gasteiger partial charge in [-0.2, -0.15) is 0 Å². The zero-order valence-electron chi connectivity index (χ0n) is 13.6. The first-order chi connectivity index (χ1) is 10.9. The van der Waals surface area contributed by atoms with Crippen LogP contribution in [0.4, 0.5) is 0 Å². The summed E-state index contributed by atoms with van der Waals surface area (Å²) >= 11 is 1.96. The summed E-state index contributed by atoms with van der Waals surface area (Å²) < 4.78 is 0. The predicted octanol–water partition coefficient (Wildman–Crippen LogP) is 4.95. The lowest BCUT2D eigenvalue weighted by Crippen LogP contribution is -2.36. The molecule has 118 valence electrons. The number of hydrogen-bond acceptors (Lipinski definition) is 2. The van der Waals surface area contributed by atoms with Crippen molar-refractivity contribution in [1.82, 2.24) is 4.90 Å². The number of aryl methyl sites for hydroxylation is 3. The molecular weight excluding hydrogens is 286 g/mol. The number of hydrogen-bond donors (Lipinski definition) is 0. The molecule has 0 radical (unpaired) electrons. The first kappa shape index (κ1) is 15.8. The van der Waals surface area contributed by atoms with E-state index in [-0.39, 0.29) is 0 Å². The van der Waals surface area contributed by atoms with E-state index in [0.717, 1.165) is 6.04 Å². The largest absolute Gasteiger partial charge is 0.301 e. The molecule has 1 atom stereocenters. The van der Waals surface area contributed by atoms with Gasteiger partial charge in [0.05, 0.1) is 0 Å². The van der Waals surface area contributed by atoms with Crippen molar-refractivity contribution in [2.75, 3.05) is 13.1 Å². The summed E-state index contributed by atoms with van der Waals surface area (Å²) in [7, 11) is 0. The van der Waals surface area contributed by atoms with Gasteiger partial charge in [0.2, 0.25) is 0 Å². The first-order valence-electron chi connectivity index (χ1n) is 8.70. The van der Waals surface area contributed by atoms with Crippen LogP contribution in [0.15, 0.2) is 41.8 Å². The lowest BCUT2D eigenvalue weighted by atomic mass is 10.0. The van der Waals surface area contributed by atoms with Crippen LogP contribution < -0.4 is 0 Å². The van der Waals surface area contributed by atoms with E-state index in [1.54, 1.807) is 10.4 Å². The zero-order chi connectivity index (χ0) is 15.2. The maximum Gasteiger partial charge on any atom is 0.0102 e. The topological polar surface area (TPSA) is 3.24 Å². The second-order valence-electron chi connectivity index (χ2n) is 6.32. The van der Waals surface area contributed by atoms with E-state index >= 15 is 0 Å². The first-order valence-corrected chi connectivity index (χ1v) is 9.58. The molecule has 0 saturated carbocycles. The lowest BCUT2D eigenvalue weighted by Gasteiger charge is -2.30. The molecule has 1 unspecified atom stereocenters. The predicted molar refractivity (Wildman–Crippen MR) is 96.8 cm³/mol. The van der Waals surface area contributed by atoms with Crippen molar-refractivity contribution in [1.29, 1.82) is 0 Å². The Bertz CT molecular complexity index is 538. The van der Waals surface area contributed by atoms with Crippen LogP contribution in [0.2, 0.25) is 0 Å². The average molecular weight is 314 g/mol. The quantitative estimate of drug-likeness (QED) is 0.682.